The Morgan fingerprint density at radius 2 is 0.787 bits per heavy atom. The Labute approximate surface area is 570 Å². The number of nitrogens with one attached hydrogen (secondary N) is 1. The van der Waals surface area contributed by atoms with Crippen molar-refractivity contribution in [2.75, 3.05) is 14.2 Å². The van der Waals surface area contributed by atoms with Gasteiger partial charge in [0.25, 0.3) is 0 Å². The molecule has 3 aromatic carbocycles. The molecule has 15 nitrogen and oxygen atoms in total. The molecule has 504 valence electrons. The van der Waals surface area contributed by atoms with Gasteiger partial charge < -0.3 is 42.9 Å². The average molecular weight is 1340 g/mol. The maximum Gasteiger partial charge on any atom is 0.339 e. The molecule has 2 N–H and O–H groups in total. The van der Waals surface area contributed by atoms with Crippen LogP contribution in [0.15, 0.2) is 72.8 Å². The maximum absolute atomic E-state index is 13.0. The number of aliphatic carboxylic acids is 1. The number of hydrogen-bond donors (Lipinski definition) is 2. The van der Waals surface area contributed by atoms with Crippen molar-refractivity contribution in [1.29, 1.82) is 0 Å². The predicted octanol–water partition coefficient (Wildman–Crippen LogP) is 20.0. The van der Waals surface area contributed by atoms with E-state index in [2.05, 4.69) is 55.7 Å². The molecule has 0 radical (unpaired) electrons. The minimum absolute atomic E-state index is 0.441. The van der Waals surface area contributed by atoms with Crippen LogP contribution in [0.3, 0.4) is 0 Å². The third-order valence-corrected chi connectivity index (χ3v) is 17.5. The average Bonchev–Trinajstić information content (AvgIpc) is 1.51. The van der Waals surface area contributed by atoms with Crippen molar-refractivity contribution in [3.05, 3.63) is 155 Å². The Morgan fingerprint density at radius 3 is 1.10 bits per heavy atom. The molecule has 0 saturated carbocycles. The number of esters is 2. The van der Waals surface area contributed by atoms with E-state index in [1.165, 1.54) is 19.9 Å². The van der Waals surface area contributed by atoms with Crippen LogP contribution >= 0.6 is 34.8 Å². The van der Waals surface area contributed by atoms with Gasteiger partial charge in [-0.1, -0.05) is 97.9 Å². The number of methoxy groups -OCH3 is 2. The molecule has 18 heteroatoms. The Morgan fingerprint density at radius 1 is 0.479 bits per heavy atom. The first kappa shape index (κ1) is 74.3. The van der Waals surface area contributed by atoms with Crippen LogP contribution < -0.4 is 0 Å². The molecule has 3 atom stereocenters. The number of unbranched alkanes of at least 4 members (excludes halogenated alkanes) is 2. The monoisotopic (exact) mass is 1340 g/mol. The summed E-state index contributed by atoms with van der Waals surface area (Å²) in [4.78, 5) is 56.3. The summed E-state index contributed by atoms with van der Waals surface area (Å²) in [6.45, 7) is 41.5. The quantitative estimate of drug-likeness (QED) is 0.0777. The van der Waals surface area contributed by atoms with Crippen molar-refractivity contribution in [2.24, 2.45) is 0 Å². The third kappa shape index (κ3) is 16.6. The van der Waals surface area contributed by atoms with Gasteiger partial charge in [-0.05, 0) is 207 Å². The van der Waals surface area contributed by atoms with E-state index >= 15 is 0 Å². The van der Waals surface area contributed by atoms with Gasteiger partial charge in [-0.3, -0.25) is 0 Å². The van der Waals surface area contributed by atoms with Gasteiger partial charge >= 0.3 is 17.9 Å². The molecule has 3 unspecified atom stereocenters. The molecule has 6 aromatic heterocycles. The van der Waals surface area contributed by atoms with Crippen molar-refractivity contribution in [2.45, 2.75) is 212 Å². The van der Waals surface area contributed by atoms with E-state index in [4.69, 9.17) is 73.4 Å². The largest absolute Gasteiger partial charge is 0.479 e. The molecule has 0 aliphatic carbocycles. The summed E-state index contributed by atoms with van der Waals surface area (Å²) in [5.74, 6) is -1.92. The Kier molecular flexibility index (Phi) is 24.0. The van der Waals surface area contributed by atoms with Crippen molar-refractivity contribution in [3.8, 4) is 33.4 Å². The number of hydrogen-bond acceptors (Lipinski definition) is 11. The zero-order valence-corrected chi connectivity index (χ0v) is 61.3. The van der Waals surface area contributed by atoms with Crippen LogP contribution in [0.2, 0.25) is 15.1 Å². The Bertz CT molecular complexity index is 4220. The van der Waals surface area contributed by atoms with Crippen LogP contribution in [0.25, 0.3) is 66.5 Å². The van der Waals surface area contributed by atoms with E-state index in [0.29, 0.717) is 37.6 Å². The molecule has 9 rings (SSSR count). The Hall–Kier alpha value is -7.11. The van der Waals surface area contributed by atoms with Crippen LogP contribution in [0, 0.1) is 62.3 Å². The van der Waals surface area contributed by atoms with Crippen molar-refractivity contribution in [3.63, 3.8) is 0 Å². The second kappa shape index (κ2) is 30.3. The molecule has 0 fully saturated rings. The van der Waals surface area contributed by atoms with Crippen LogP contribution in [0.4, 0.5) is 0 Å². The number of fused-ring (bicyclic) bond motifs is 3. The summed E-state index contributed by atoms with van der Waals surface area (Å²) in [5, 5.41) is 15.1. The molecule has 0 amide bonds. The molecular weight excluding hydrogens is 1250 g/mol. The van der Waals surface area contributed by atoms with Crippen LogP contribution in [-0.4, -0.2) is 83.1 Å². The SMILES string of the molecule is CCCCn1c(C)c(C)c2c(-c3ccc(Cl)cc3)c(C(OC(C)(C)C)C(=O)O)c(C)nc21.CCCCn1c(C)c(C)c2c(-c3ccc(Cl)cc3)c(C(OC(C)(C)C)C(=O)OC)c(C)nc21.COC(=O)C(OC(C)(C)C)c1c(C)nc2[nH]c(C)c(C)c2c1-c1ccc(Cl)cc1. The van der Waals surface area contributed by atoms with Gasteiger partial charge in [-0.2, -0.15) is 0 Å². The lowest BCUT2D eigenvalue weighted by Gasteiger charge is -2.29. The highest BCUT2D eigenvalue weighted by atomic mass is 35.5. The van der Waals surface area contributed by atoms with Gasteiger partial charge in [0, 0.05) is 112 Å². The standard InChI is InChI=1S/C27H35ClN2O3.C26H33ClN2O3.C23H27ClN2O3/c1-9-10-15-30-18(4)16(2)21-23(19-11-13-20(28)14-12-19)22(17(3)29-25(21)30)24(26(31)32-8)33-27(5,6)7;1-8-9-14-29-17(4)15(2)20-22(18-10-12-19(27)13-11-18)21(16(3)28-24(20)29)23(25(30)31)32-26(5,6)7;1-12-13(2)25-21-17(12)19(15-8-10-16(24)11-9-15)18(14(3)26-21)20(22(27)28-7)29-23(4,5)6/h11-14,24H,9-10,15H2,1-8H3;10-13,23H,8-9,14H2,1-7H3,(H,30,31);8-11,20H,1-7H3,(H,25,26). The number of aromatic nitrogens is 6. The second-order valence-electron chi connectivity index (χ2n) is 27.1. The summed E-state index contributed by atoms with van der Waals surface area (Å²) in [5.41, 5.74) is 17.2. The fourth-order valence-corrected chi connectivity index (χ4v) is 12.4. The van der Waals surface area contributed by atoms with Gasteiger partial charge in [0.2, 0.25) is 0 Å². The van der Waals surface area contributed by atoms with Crippen LogP contribution in [-0.2, 0) is 51.2 Å². The number of nitrogens with zero attached hydrogens (tertiary/aromatic N) is 5. The number of halogens is 3. The number of benzene rings is 3. The summed E-state index contributed by atoms with van der Waals surface area (Å²) in [6.07, 6.45) is 1.35. The first-order valence-electron chi connectivity index (χ1n) is 32.2. The zero-order valence-electron chi connectivity index (χ0n) is 59.0. The van der Waals surface area contributed by atoms with Gasteiger partial charge in [0.1, 0.15) is 16.9 Å². The number of pyridine rings is 3. The third-order valence-electron chi connectivity index (χ3n) is 16.8. The molecule has 0 aliphatic heterocycles. The molecule has 6 heterocycles. The van der Waals surface area contributed by atoms with E-state index in [-0.39, 0.29) is 0 Å². The molecular formula is C76H95Cl3N6O9. The van der Waals surface area contributed by atoms with Crippen LogP contribution in [0.5, 0.6) is 0 Å². The normalized spacial score (nSPS) is 12.9. The number of carboxylic acids is 1. The van der Waals surface area contributed by atoms with E-state index in [1.54, 1.807) is 0 Å². The number of carboxylic acid groups (broad SMARTS) is 1. The van der Waals surface area contributed by atoms with Crippen molar-refractivity contribution >= 4 is 85.8 Å². The van der Waals surface area contributed by atoms with Gasteiger partial charge in [0.15, 0.2) is 18.3 Å². The lowest BCUT2D eigenvalue weighted by atomic mass is 9.91. The highest BCUT2D eigenvalue weighted by molar-refractivity contribution is 6.31. The predicted molar refractivity (Wildman–Crippen MR) is 382 cm³/mol. The smallest absolute Gasteiger partial charge is 0.339 e. The molecule has 0 aliphatic rings. The van der Waals surface area contributed by atoms with E-state index < -0.39 is 53.0 Å². The lowest BCUT2D eigenvalue weighted by molar-refractivity contribution is -0.164. The topological polar surface area (TPSA) is 182 Å². The Balaban J connectivity index is 0.000000200. The summed E-state index contributed by atoms with van der Waals surface area (Å²) in [7, 11) is 2.76. The number of aromatic amines is 1. The summed E-state index contributed by atoms with van der Waals surface area (Å²) >= 11 is 18.5. The first-order chi connectivity index (χ1) is 44.0. The van der Waals surface area contributed by atoms with Gasteiger partial charge in [0.05, 0.1) is 31.0 Å². The van der Waals surface area contributed by atoms with E-state index in [9.17, 15) is 19.5 Å². The number of carbonyl (C=O) groups is 3. The second-order valence-corrected chi connectivity index (χ2v) is 28.4. The van der Waals surface area contributed by atoms with Gasteiger partial charge in [-0.15, -0.1) is 0 Å². The minimum Gasteiger partial charge on any atom is -0.479 e. The summed E-state index contributed by atoms with van der Waals surface area (Å²) < 4.78 is 33.4. The number of carbonyl (C=O) groups excluding carboxylic acids is 2. The van der Waals surface area contributed by atoms with Crippen molar-refractivity contribution < 1.29 is 43.2 Å². The molecule has 0 saturated heterocycles. The number of aryl methyl sites for hydroxylation is 9. The highest BCUT2D eigenvalue weighted by Crippen LogP contribution is 2.46. The van der Waals surface area contributed by atoms with E-state index in [1.807, 2.05) is 170 Å². The fraction of sp³-hybridized carbons (Fsp3) is 0.447. The molecule has 0 spiro atoms. The highest BCUT2D eigenvalue weighted by Gasteiger charge is 2.38. The fourth-order valence-electron chi connectivity index (χ4n) is 12.1. The molecule has 9 aromatic rings. The summed E-state index contributed by atoms with van der Waals surface area (Å²) in [6, 6.07) is 22.9. The van der Waals surface area contributed by atoms with E-state index in [0.717, 1.165) is 145 Å². The molecule has 94 heavy (non-hydrogen) atoms. The minimum atomic E-state index is -1.14. The van der Waals surface area contributed by atoms with Crippen molar-refractivity contribution in [1.82, 2.24) is 29.1 Å². The molecule has 0 bridgehead atoms. The zero-order chi connectivity index (χ0) is 69.8. The number of H-pyrrole nitrogens is 1. The van der Waals surface area contributed by atoms with Gasteiger partial charge in [-0.25, -0.2) is 29.3 Å². The lowest BCUT2D eigenvalue weighted by Crippen LogP contribution is -2.29. The number of ether oxygens (including phenoxy) is 5. The van der Waals surface area contributed by atoms with Crippen LogP contribution in [0.1, 0.15) is 188 Å². The first-order valence-corrected chi connectivity index (χ1v) is 33.3. The number of rotatable bonds is 18. The maximum atomic E-state index is 13.0.